The van der Waals surface area contributed by atoms with E-state index in [0.717, 1.165) is 54.8 Å². The predicted molar refractivity (Wildman–Crippen MR) is 113 cm³/mol. The highest BCUT2D eigenvalue weighted by Crippen LogP contribution is 2.31. The van der Waals surface area contributed by atoms with Gasteiger partial charge in [0.1, 0.15) is 17.4 Å². The number of nitrogen functional groups attached to an aromatic ring is 1. The first-order valence-corrected chi connectivity index (χ1v) is 10.0. The Bertz CT molecular complexity index is 1150. The van der Waals surface area contributed by atoms with Crippen molar-refractivity contribution in [2.24, 2.45) is 0 Å². The smallest absolute Gasteiger partial charge is 0.199 e. The second kappa shape index (κ2) is 7.75. The molecule has 9 heteroatoms. The number of aromatic nitrogens is 5. The first-order valence-electron chi connectivity index (χ1n) is 10.0. The predicted octanol–water partition coefficient (Wildman–Crippen LogP) is 2.86. The van der Waals surface area contributed by atoms with Crippen LogP contribution in [0.2, 0.25) is 0 Å². The van der Waals surface area contributed by atoms with E-state index >= 15 is 0 Å². The van der Waals surface area contributed by atoms with Crippen molar-refractivity contribution in [2.75, 3.05) is 25.9 Å². The van der Waals surface area contributed by atoms with Gasteiger partial charge < -0.3 is 15.4 Å². The van der Waals surface area contributed by atoms with Crippen molar-refractivity contribution < 1.29 is 9.37 Å². The number of anilines is 1. The number of rotatable bonds is 4. The van der Waals surface area contributed by atoms with Gasteiger partial charge in [-0.3, -0.25) is 9.55 Å². The summed E-state index contributed by atoms with van der Waals surface area (Å²) in [4.78, 5) is 11.2. The summed E-state index contributed by atoms with van der Waals surface area (Å²) in [6.45, 7) is 2.11. The molecule has 1 saturated heterocycles. The lowest BCUT2D eigenvalue weighted by Crippen LogP contribution is -2.34. The zero-order chi connectivity index (χ0) is 20.5. The maximum absolute atomic E-state index is 6.38. The zero-order valence-corrected chi connectivity index (χ0v) is 16.7. The van der Waals surface area contributed by atoms with Crippen molar-refractivity contribution in [3.8, 4) is 11.5 Å². The number of nitrogens with zero attached hydrogens (tertiary/aromatic N) is 6. The van der Waals surface area contributed by atoms with Gasteiger partial charge in [-0.25, -0.2) is 9.61 Å². The van der Waals surface area contributed by atoms with Crippen LogP contribution in [0, 0.1) is 0 Å². The van der Waals surface area contributed by atoms with E-state index in [0.29, 0.717) is 11.5 Å². The summed E-state index contributed by atoms with van der Waals surface area (Å²) >= 11 is 0. The van der Waals surface area contributed by atoms with Crippen LogP contribution in [-0.2, 0) is 4.74 Å². The summed E-state index contributed by atoms with van der Waals surface area (Å²) in [7, 11) is 2.15. The van der Waals surface area contributed by atoms with Crippen LogP contribution in [0.5, 0.6) is 0 Å². The number of allylic oxidation sites excluding steroid dienone is 5. The Morgan fingerprint density at radius 1 is 1.23 bits per heavy atom. The minimum atomic E-state index is 0.191. The number of piperidine rings is 1. The fourth-order valence-electron chi connectivity index (χ4n) is 3.86. The normalized spacial score (nSPS) is 18.3. The highest BCUT2D eigenvalue weighted by Gasteiger charge is 2.23. The van der Waals surface area contributed by atoms with E-state index in [2.05, 4.69) is 44.4 Å². The fourth-order valence-corrected chi connectivity index (χ4v) is 3.86. The number of nitrogens with two attached hydrogens (primary N) is 1. The molecule has 0 aromatic carbocycles. The summed E-state index contributed by atoms with van der Waals surface area (Å²) in [5.41, 5.74) is 8.89. The summed E-state index contributed by atoms with van der Waals surface area (Å²) in [5, 5.41) is 7.67. The van der Waals surface area contributed by atoms with Crippen LogP contribution < -0.4 is 5.73 Å². The summed E-state index contributed by atoms with van der Waals surface area (Å²) in [5.74, 6) is 1.67. The molecule has 30 heavy (non-hydrogen) atoms. The standard InChI is InChI=1S/C21H23N7O2/c1-27-10-7-15(8-11-27)29-16-5-3-2-4-14(12-16)28-18-6-9-23-13-17(18)24-21(28)19-20(22)26-30-25-19/h2-4,6,9,12-13,15H,5,7-8,10-11H2,1H3,(H2,22,26). The molecule has 0 bridgehead atoms. The van der Waals surface area contributed by atoms with Gasteiger partial charge in [-0.15, -0.1) is 0 Å². The van der Waals surface area contributed by atoms with E-state index in [1.165, 1.54) is 0 Å². The van der Waals surface area contributed by atoms with Crippen LogP contribution in [0.25, 0.3) is 28.2 Å². The Balaban J connectivity index is 1.56. The molecule has 4 heterocycles. The number of hydrogen-bond donors (Lipinski definition) is 1. The summed E-state index contributed by atoms with van der Waals surface area (Å²) < 4.78 is 13.2. The number of ether oxygens (including phenoxy) is 1. The summed E-state index contributed by atoms with van der Waals surface area (Å²) in [6, 6.07) is 1.91. The molecule has 2 aliphatic rings. The SMILES string of the molecule is CN1CCC(OC2=CC(n3c(-c4nonc4N)nc4cnccc43)=CC=CC2)CC1. The lowest BCUT2D eigenvalue weighted by Gasteiger charge is -2.30. The molecule has 1 fully saturated rings. The van der Waals surface area contributed by atoms with Crippen LogP contribution in [0.1, 0.15) is 19.3 Å². The van der Waals surface area contributed by atoms with E-state index in [9.17, 15) is 0 Å². The van der Waals surface area contributed by atoms with Gasteiger partial charge >= 0.3 is 0 Å². The third-order valence-electron chi connectivity index (χ3n) is 5.46. The van der Waals surface area contributed by atoms with Crippen LogP contribution in [0.3, 0.4) is 0 Å². The molecule has 0 amide bonds. The van der Waals surface area contributed by atoms with Crippen molar-refractivity contribution in [3.63, 3.8) is 0 Å². The molecule has 1 aliphatic heterocycles. The molecule has 3 aromatic heterocycles. The van der Waals surface area contributed by atoms with Crippen LogP contribution in [0.4, 0.5) is 5.82 Å². The third kappa shape index (κ3) is 3.48. The van der Waals surface area contributed by atoms with Gasteiger partial charge in [0, 0.05) is 31.8 Å². The van der Waals surface area contributed by atoms with E-state index in [-0.39, 0.29) is 11.9 Å². The Hall–Kier alpha value is -3.46. The number of hydrogen-bond acceptors (Lipinski definition) is 8. The topological polar surface area (TPSA) is 108 Å². The van der Waals surface area contributed by atoms with Gasteiger partial charge in [0.05, 0.1) is 17.4 Å². The van der Waals surface area contributed by atoms with Gasteiger partial charge in [-0.2, -0.15) is 0 Å². The molecular formula is C21H23N7O2. The van der Waals surface area contributed by atoms with Crippen molar-refractivity contribution in [2.45, 2.75) is 25.4 Å². The Kier molecular flexibility index (Phi) is 4.80. The number of pyridine rings is 1. The Labute approximate surface area is 173 Å². The number of fused-ring (bicyclic) bond motifs is 1. The molecule has 2 N–H and O–H groups in total. The van der Waals surface area contributed by atoms with Gasteiger partial charge in [0.2, 0.25) is 0 Å². The van der Waals surface area contributed by atoms with Crippen molar-refractivity contribution in [1.29, 1.82) is 0 Å². The van der Waals surface area contributed by atoms with Gasteiger partial charge in [0.25, 0.3) is 0 Å². The van der Waals surface area contributed by atoms with Crippen LogP contribution >= 0.6 is 0 Å². The van der Waals surface area contributed by atoms with Crippen molar-refractivity contribution in [1.82, 2.24) is 29.7 Å². The molecule has 0 radical (unpaired) electrons. The van der Waals surface area contributed by atoms with E-state index < -0.39 is 0 Å². The number of imidazole rings is 1. The lowest BCUT2D eigenvalue weighted by atomic mass is 10.1. The molecule has 3 aromatic rings. The second-order valence-electron chi connectivity index (χ2n) is 7.59. The van der Waals surface area contributed by atoms with Crippen LogP contribution in [0.15, 0.2) is 53.2 Å². The third-order valence-corrected chi connectivity index (χ3v) is 5.46. The van der Waals surface area contributed by atoms with Gasteiger partial charge in [-0.05, 0) is 42.3 Å². The molecule has 9 nitrogen and oxygen atoms in total. The van der Waals surface area contributed by atoms with Gasteiger partial charge in [0.15, 0.2) is 17.3 Å². The Morgan fingerprint density at radius 3 is 2.90 bits per heavy atom. The van der Waals surface area contributed by atoms with Gasteiger partial charge in [-0.1, -0.05) is 12.2 Å². The molecule has 0 atom stereocenters. The average Bonchev–Trinajstić information content (AvgIpc) is 3.27. The molecule has 0 spiro atoms. The molecule has 5 rings (SSSR count). The average molecular weight is 405 g/mol. The van der Waals surface area contributed by atoms with E-state index in [4.69, 9.17) is 15.1 Å². The zero-order valence-electron chi connectivity index (χ0n) is 16.7. The minimum Gasteiger partial charge on any atom is -0.494 e. The molecule has 0 unspecified atom stereocenters. The lowest BCUT2D eigenvalue weighted by molar-refractivity contribution is 0.0563. The van der Waals surface area contributed by atoms with Crippen molar-refractivity contribution >= 4 is 22.5 Å². The molecule has 0 saturated carbocycles. The maximum atomic E-state index is 6.38. The highest BCUT2D eigenvalue weighted by molar-refractivity contribution is 5.87. The second-order valence-corrected chi connectivity index (χ2v) is 7.59. The van der Waals surface area contributed by atoms with Crippen molar-refractivity contribution in [3.05, 3.63) is 48.5 Å². The highest BCUT2D eigenvalue weighted by atomic mass is 16.6. The van der Waals surface area contributed by atoms with Crippen LogP contribution in [-0.4, -0.2) is 56.0 Å². The maximum Gasteiger partial charge on any atom is 0.199 e. The Morgan fingerprint density at radius 2 is 2.10 bits per heavy atom. The number of likely N-dealkylation sites (tertiary alicyclic amines) is 1. The molecule has 154 valence electrons. The van der Waals surface area contributed by atoms with E-state index in [1.54, 1.807) is 12.4 Å². The van der Waals surface area contributed by atoms with E-state index in [1.807, 2.05) is 22.8 Å². The molecule has 1 aliphatic carbocycles. The first-order chi connectivity index (χ1) is 14.7. The molecular weight excluding hydrogens is 382 g/mol. The fraction of sp³-hybridized carbons (Fsp3) is 0.333. The monoisotopic (exact) mass is 405 g/mol. The first kappa shape index (κ1) is 18.6. The quantitative estimate of drug-likeness (QED) is 0.706. The minimum absolute atomic E-state index is 0.191. The summed E-state index contributed by atoms with van der Waals surface area (Å²) in [6.07, 6.45) is 14.7. The largest absolute Gasteiger partial charge is 0.494 e.